The number of amides is 1. The van der Waals surface area contributed by atoms with Crippen LogP contribution in [-0.2, 0) is 6.54 Å². The van der Waals surface area contributed by atoms with Crippen molar-refractivity contribution < 1.29 is 33.3 Å². The fourth-order valence-corrected chi connectivity index (χ4v) is 12.9. The van der Waals surface area contributed by atoms with Crippen LogP contribution in [0, 0.1) is 45.1 Å². The molecule has 302 valence electrons. The minimum Gasteiger partial charge on any atom is -0.410 e. The Hall–Kier alpha value is -5.18. The maximum absolute atomic E-state index is 14.9. The molecule has 0 aliphatic heterocycles. The van der Waals surface area contributed by atoms with Crippen LogP contribution in [0.15, 0.2) is 127 Å². The standard InChI is InChI=1S/C51H49F2NO5/c1-47-21-18-37(55)28-49(47)24-25-51(40(29-49)45(56)35-15-17-41(52)42(53)27-35)43(47)19-22-48(2)44(51)20-23-50(48,58)31-54(30-36-12-7-11-33-9-5-6-13-39(33)36)46(57)59-38-16-14-32-8-3-4-10-34(32)26-38/h3-17,24-27,29,37,43-44,55,58H,18-23,28,30-31H2,1-2H3. The second-order valence-corrected chi connectivity index (χ2v) is 18.6. The molecular formula is C51H49F2NO5. The fourth-order valence-electron chi connectivity index (χ4n) is 12.9. The SMILES string of the molecule is CC12CCC(O)CC13C=CC1(C(C(=O)c4ccc(F)c(F)c4)=C3)C2CCC2(C)C1CCC2(O)CN(Cc1cccc2ccccc12)C(=O)Oc1ccc2ccccc2c1. The summed E-state index contributed by atoms with van der Waals surface area (Å²) in [5.74, 6) is -2.25. The van der Waals surface area contributed by atoms with Crippen molar-refractivity contribution in [2.75, 3.05) is 6.54 Å². The summed E-state index contributed by atoms with van der Waals surface area (Å²) in [6, 6.07) is 30.9. The highest BCUT2D eigenvalue weighted by molar-refractivity contribution is 6.10. The van der Waals surface area contributed by atoms with Crippen molar-refractivity contribution in [3.8, 4) is 5.75 Å². The Morgan fingerprint density at radius 2 is 1.47 bits per heavy atom. The van der Waals surface area contributed by atoms with Crippen molar-refractivity contribution in [3.63, 3.8) is 0 Å². The Kier molecular flexibility index (Phi) is 8.65. The van der Waals surface area contributed by atoms with Crippen molar-refractivity contribution in [2.45, 2.75) is 77.0 Å². The van der Waals surface area contributed by atoms with E-state index >= 15 is 0 Å². The average molecular weight is 794 g/mol. The number of carbonyl (C=O) groups is 2. The molecule has 8 unspecified atom stereocenters. The van der Waals surface area contributed by atoms with E-state index in [0.717, 1.165) is 45.7 Å². The van der Waals surface area contributed by atoms with Gasteiger partial charge in [-0.3, -0.25) is 4.79 Å². The highest BCUT2D eigenvalue weighted by atomic mass is 19.2. The number of ether oxygens (including phenoxy) is 1. The lowest BCUT2D eigenvalue weighted by Crippen LogP contribution is -2.67. The predicted molar refractivity (Wildman–Crippen MR) is 224 cm³/mol. The largest absolute Gasteiger partial charge is 0.415 e. The second-order valence-electron chi connectivity index (χ2n) is 18.6. The van der Waals surface area contributed by atoms with E-state index in [1.807, 2.05) is 78.9 Å². The first kappa shape index (κ1) is 38.0. The molecule has 0 aromatic heterocycles. The van der Waals surface area contributed by atoms with Crippen molar-refractivity contribution in [3.05, 3.63) is 150 Å². The van der Waals surface area contributed by atoms with Crippen LogP contribution in [0.2, 0.25) is 0 Å². The van der Waals surface area contributed by atoms with E-state index in [9.17, 15) is 28.6 Å². The molecule has 3 saturated carbocycles. The summed E-state index contributed by atoms with van der Waals surface area (Å²) in [5.41, 5.74) is -2.24. The number of hydrogen-bond acceptors (Lipinski definition) is 5. The number of nitrogens with zero attached hydrogens (tertiary/aromatic N) is 1. The molecule has 6 nitrogen and oxygen atoms in total. The first-order chi connectivity index (χ1) is 28.3. The number of benzene rings is 5. The Labute approximate surface area is 343 Å². The van der Waals surface area contributed by atoms with Crippen molar-refractivity contribution >= 4 is 33.4 Å². The second kappa shape index (κ2) is 13.4. The summed E-state index contributed by atoms with van der Waals surface area (Å²) in [5, 5.41) is 28.4. The molecule has 8 heteroatoms. The van der Waals surface area contributed by atoms with Gasteiger partial charge in [0.25, 0.3) is 0 Å². The minimum atomic E-state index is -1.37. The third kappa shape index (κ3) is 5.55. The van der Waals surface area contributed by atoms with E-state index in [0.29, 0.717) is 49.8 Å². The zero-order valence-corrected chi connectivity index (χ0v) is 33.5. The summed E-state index contributed by atoms with van der Waals surface area (Å²) in [6.45, 7) is 4.63. The molecule has 2 bridgehead atoms. The third-order valence-electron chi connectivity index (χ3n) is 16.0. The summed E-state index contributed by atoms with van der Waals surface area (Å²) in [7, 11) is 0. The molecular weight excluding hydrogens is 745 g/mol. The van der Waals surface area contributed by atoms with Gasteiger partial charge in [0, 0.05) is 33.9 Å². The van der Waals surface area contributed by atoms with Gasteiger partial charge in [-0.15, -0.1) is 0 Å². The number of rotatable bonds is 7. The van der Waals surface area contributed by atoms with Crippen LogP contribution in [-0.4, -0.2) is 45.2 Å². The summed E-state index contributed by atoms with van der Waals surface area (Å²) >= 11 is 0. The maximum Gasteiger partial charge on any atom is 0.415 e. The number of carbonyl (C=O) groups excluding carboxylic acids is 2. The molecule has 11 rings (SSSR count). The van der Waals surface area contributed by atoms with Crippen LogP contribution in [0.5, 0.6) is 5.75 Å². The number of halogens is 2. The Morgan fingerprint density at radius 3 is 2.29 bits per heavy atom. The Morgan fingerprint density at radius 1 is 0.763 bits per heavy atom. The molecule has 8 atom stereocenters. The topological polar surface area (TPSA) is 87.1 Å². The van der Waals surface area contributed by atoms with Gasteiger partial charge >= 0.3 is 6.09 Å². The van der Waals surface area contributed by atoms with E-state index in [1.165, 1.54) is 6.07 Å². The van der Waals surface area contributed by atoms with Crippen LogP contribution in [0.3, 0.4) is 0 Å². The monoisotopic (exact) mass is 793 g/mol. The van der Waals surface area contributed by atoms with Gasteiger partial charge in [-0.25, -0.2) is 13.6 Å². The van der Waals surface area contributed by atoms with Crippen LogP contribution in [0.25, 0.3) is 21.5 Å². The normalized spacial score (nSPS) is 32.9. The van der Waals surface area contributed by atoms with Crippen molar-refractivity contribution in [1.29, 1.82) is 0 Å². The van der Waals surface area contributed by atoms with E-state index in [4.69, 9.17) is 4.74 Å². The molecule has 1 amide bonds. The van der Waals surface area contributed by atoms with E-state index in [2.05, 4.69) is 32.1 Å². The molecule has 59 heavy (non-hydrogen) atoms. The van der Waals surface area contributed by atoms with Crippen LogP contribution < -0.4 is 4.74 Å². The quantitative estimate of drug-likeness (QED) is 0.127. The average Bonchev–Trinajstić information content (AvgIpc) is 3.51. The molecule has 0 saturated heterocycles. The van der Waals surface area contributed by atoms with Gasteiger partial charge in [-0.05, 0) is 120 Å². The van der Waals surface area contributed by atoms with Gasteiger partial charge in [0.1, 0.15) is 5.75 Å². The Bertz CT molecular complexity index is 2620. The highest BCUT2D eigenvalue weighted by Gasteiger charge is 2.74. The van der Waals surface area contributed by atoms with Gasteiger partial charge < -0.3 is 19.8 Å². The summed E-state index contributed by atoms with van der Waals surface area (Å²) < 4.78 is 35.1. The van der Waals surface area contributed by atoms with Gasteiger partial charge in [0.15, 0.2) is 17.4 Å². The van der Waals surface area contributed by atoms with Crippen LogP contribution in [0.1, 0.15) is 74.7 Å². The molecule has 3 fully saturated rings. The lowest BCUT2D eigenvalue weighted by molar-refractivity contribution is -0.175. The number of allylic oxidation sites excluding steroid dienone is 4. The van der Waals surface area contributed by atoms with Gasteiger partial charge in [0.05, 0.1) is 18.2 Å². The lowest BCUT2D eigenvalue weighted by atomic mass is 9.32. The number of ketones is 1. The van der Waals surface area contributed by atoms with E-state index in [-0.39, 0.29) is 41.7 Å². The zero-order valence-electron chi connectivity index (χ0n) is 33.5. The number of Topliss-reactive ketones (excluding diaryl/α,β-unsaturated/α-hetero) is 1. The summed E-state index contributed by atoms with van der Waals surface area (Å²) in [6.07, 6.45) is 9.65. The van der Waals surface area contributed by atoms with Gasteiger partial charge in [-0.1, -0.05) is 105 Å². The van der Waals surface area contributed by atoms with E-state index < -0.39 is 45.7 Å². The van der Waals surface area contributed by atoms with Gasteiger partial charge in [0.2, 0.25) is 0 Å². The minimum absolute atomic E-state index is 0.00363. The van der Waals surface area contributed by atoms with Crippen LogP contribution in [0.4, 0.5) is 13.6 Å². The molecule has 5 aromatic rings. The maximum atomic E-state index is 14.9. The summed E-state index contributed by atoms with van der Waals surface area (Å²) in [4.78, 5) is 31.1. The lowest BCUT2D eigenvalue weighted by Gasteiger charge is -2.71. The smallest absolute Gasteiger partial charge is 0.410 e. The van der Waals surface area contributed by atoms with E-state index in [1.54, 1.807) is 11.0 Å². The number of hydrogen-bond donors (Lipinski definition) is 2. The highest BCUT2D eigenvalue weighted by Crippen LogP contribution is 2.78. The number of fused-ring (bicyclic) bond motifs is 3. The van der Waals surface area contributed by atoms with Crippen molar-refractivity contribution in [2.24, 2.45) is 33.5 Å². The van der Waals surface area contributed by atoms with Crippen molar-refractivity contribution in [1.82, 2.24) is 4.90 Å². The molecule has 6 aliphatic rings. The predicted octanol–water partition coefficient (Wildman–Crippen LogP) is 10.7. The molecule has 6 aliphatic carbocycles. The number of aliphatic hydroxyl groups excluding tert-OH is 1. The molecule has 5 aromatic carbocycles. The number of aliphatic hydroxyl groups is 2. The first-order valence-electron chi connectivity index (χ1n) is 21.1. The fraction of sp³-hybridized carbons (Fsp3) is 0.373. The van der Waals surface area contributed by atoms with Gasteiger partial charge in [-0.2, -0.15) is 0 Å². The third-order valence-corrected chi connectivity index (χ3v) is 16.0. The zero-order chi connectivity index (χ0) is 41.0. The molecule has 0 radical (unpaired) electrons. The molecule has 2 N–H and O–H groups in total. The Balaban J connectivity index is 1.05. The van der Waals surface area contributed by atoms with Crippen LogP contribution >= 0.6 is 0 Å². The molecule has 0 heterocycles. The molecule has 2 spiro atoms. The first-order valence-corrected chi connectivity index (χ1v) is 21.1.